The quantitative estimate of drug-likeness (QED) is 0.0213. The lowest BCUT2D eigenvalue weighted by atomic mass is 10.1. The SMILES string of the molecule is CCCCCCCCCCCCCCOc1ccc(OC(=O)c2ccc(OC(=O)c3ccc4ccc(OC(=O)c5ccc(OC(=O)c6ccc(OCCCCCCCCCCCCCC)cc6)cc5)c(Cl)c4c3)cc2)cc1. The molecule has 0 spiro atoms. The van der Waals surface area contributed by atoms with Crippen molar-refractivity contribution in [3.8, 4) is 34.5 Å². The van der Waals surface area contributed by atoms with Crippen LogP contribution in [0.4, 0.5) is 0 Å². The standard InChI is InChI=1S/C66H79ClO10/c1-3-5-7-9-11-13-15-17-19-21-23-25-47-72-55-36-29-51(30-37-55)63(68)74-57-40-33-53(34-41-57)65(70)77-61-46-35-50-27-28-54(49-60(50)62(61)67)66(71)76-58-38-31-52(32-39-58)64(69)75-59-44-42-56(43-45-59)73-48-26-24-22-20-18-16-14-12-10-8-6-4-2/h27-46,49H,3-26,47-48H2,1-2H3. The minimum absolute atomic E-state index is 0.0865. The van der Waals surface area contributed by atoms with Gasteiger partial charge in [0, 0.05) is 5.39 Å². The zero-order valence-electron chi connectivity index (χ0n) is 45.5. The highest BCUT2D eigenvalue weighted by Gasteiger charge is 2.18. The van der Waals surface area contributed by atoms with Crippen LogP contribution >= 0.6 is 11.6 Å². The highest BCUT2D eigenvalue weighted by Crippen LogP contribution is 2.35. The van der Waals surface area contributed by atoms with E-state index in [0.29, 0.717) is 41.0 Å². The van der Waals surface area contributed by atoms with Crippen molar-refractivity contribution >= 4 is 46.3 Å². The van der Waals surface area contributed by atoms with Crippen molar-refractivity contribution < 1.29 is 47.6 Å². The van der Waals surface area contributed by atoms with Gasteiger partial charge in [0.25, 0.3) is 0 Å². The second-order valence-corrected chi connectivity index (χ2v) is 20.3. The van der Waals surface area contributed by atoms with Crippen molar-refractivity contribution in [1.82, 2.24) is 0 Å². The van der Waals surface area contributed by atoms with Crippen LogP contribution in [-0.2, 0) is 0 Å². The molecular formula is C66H79ClO10. The fourth-order valence-electron chi connectivity index (χ4n) is 9.00. The minimum atomic E-state index is -0.686. The lowest BCUT2D eigenvalue weighted by Gasteiger charge is -2.11. The number of hydrogen-bond acceptors (Lipinski definition) is 10. The van der Waals surface area contributed by atoms with Crippen LogP contribution in [0.3, 0.4) is 0 Å². The summed E-state index contributed by atoms with van der Waals surface area (Å²) in [6.45, 7) is 5.79. The van der Waals surface area contributed by atoms with E-state index in [4.69, 9.17) is 40.0 Å². The second kappa shape index (κ2) is 34.2. The van der Waals surface area contributed by atoms with Crippen LogP contribution in [0, 0.1) is 0 Å². The predicted octanol–water partition coefficient (Wildman–Crippen LogP) is 18.5. The molecule has 6 aromatic carbocycles. The summed E-state index contributed by atoms with van der Waals surface area (Å²) in [5, 5.41) is 1.29. The molecule has 0 bridgehead atoms. The molecule has 6 aromatic rings. The van der Waals surface area contributed by atoms with Crippen molar-refractivity contribution in [3.05, 3.63) is 155 Å². The number of hydrogen-bond donors (Lipinski definition) is 0. The smallest absolute Gasteiger partial charge is 0.343 e. The molecule has 0 saturated carbocycles. The van der Waals surface area contributed by atoms with Gasteiger partial charge in [0.05, 0.1) is 40.5 Å². The van der Waals surface area contributed by atoms with Gasteiger partial charge in [-0.3, -0.25) is 0 Å². The Morgan fingerprint density at radius 3 is 1.00 bits per heavy atom. The Kier molecular flexibility index (Phi) is 26.5. The Labute approximate surface area is 462 Å². The minimum Gasteiger partial charge on any atom is -0.494 e. The van der Waals surface area contributed by atoms with Gasteiger partial charge in [-0.1, -0.05) is 179 Å². The molecule has 410 valence electrons. The maximum absolute atomic E-state index is 13.3. The molecule has 0 fully saturated rings. The number of esters is 4. The van der Waals surface area contributed by atoms with E-state index < -0.39 is 23.9 Å². The maximum atomic E-state index is 13.3. The topological polar surface area (TPSA) is 124 Å². The molecule has 0 aromatic heterocycles. The Balaban J connectivity index is 0.881. The highest BCUT2D eigenvalue weighted by atomic mass is 35.5. The molecule has 0 saturated heterocycles. The third kappa shape index (κ3) is 21.4. The maximum Gasteiger partial charge on any atom is 0.343 e. The number of rotatable bonds is 36. The monoisotopic (exact) mass is 1070 g/mol. The van der Waals surface area contributed by atoms with E-state index in [1.165, 1.54) is 177 Å². The van der Waals surface area contributed by atoms with Crippen LogP contribution in [0.15, 0.2) is 127 Å². The third-order valence-corrected chi connectivity index (χ3v) is 14.0. The number of unbranched alkanes of at least 4 members (excludes halogenated alkanes) is 22. The first kappa shape index (κ1) is 59.6. The molecule has 0 amide bonds. The van der Waals surface area contributed by atoms with Gasteiger partial charge in [0.15, 0.2) is 0 Å². The van der Waals surface area contributed by atoms with Crippen molar-refractivity contribution in [2.24, 2.45) is 0 Å². The average molecular weight is 1070 g/mol. The largest absolute Gasteiger partial charge is 0.494 e. The Morgan fingerprint density at radius 1 is 0.325 bits per heavy atom. The van der Waals surface area contributed by atoms with Crippen LogP contribution in [0.5, 0.6) is 34.5 Å². The Hall–Kier alpha value is -6.65. The molecule has 10 nitrogen and oxygen atoms in total. The van der Waals surface area contributed by atoms with E-state index in [-0.39, 0.29) is 39.0 Å². The van der Waals surface area contributed by atoms with Gasteiger partial charge in [-0.25, -0.2) is 19.2 Å². The molecule has 77 heavy (non-hydrogen) atoms. The molecule has 0 aliphatic carbocycles. The van der Waals surface area contributed by atoms with E-state index in [2.05, 4.69) is 13.8 Å². The second-order valence-electron chi connectivity index (χ2n) is 19.9. The van der Waals surface area contributed by atoms with Gasteiger partial charge in [-0.2, -0.15) is 0 Å². The Morgan fingerprint density at radius 2 is 0.610 bits per heavy atom. The number of carbonyl (C=O) groups is 4. The molecule has 0 heterocycles. The number of ether oxygens (including phenoxy) is 6. The molecule has 0 atom stereocenters. The fraction of sp³-hybridized carbons (Fsp3) is 0.424. The van der Waals surface area contributed by atoms with Crippen LogP contribution in [0.25, 0.3) is 10.8 Å². The predicted molar refractivity (Wildman–Crippen MR) is 308 cm³/mol. The summed E-state index contributed by atoms with van der Waals surface area (Å²) in [4.78, 5) is 52.4. The number of carbonyl (C=O) groups excluding carboxylic acids is 4. The van der Waals surface area contributed by atoms with E-state index in [1.54, 1.807) is 78.9 Å². The van der Waals surface area contributed by atoms with Gasteiger partial charge in [-0.15, -0.1) is 0 Å². The Bertz CT molecular complexity index is 2700. The summed E-state index contributed by atoms with van der Waals surface area (Å²) in [7, 11) is 0. The highest BCUT2D eigenvalue weighted by molar-refractivity contribution is 6.37. The van der Waals surface area contributed by atoms with E-state index >= 15 is 0 Å². The molecule has 0 radical (unpaired) electrons. The summed E-state index contributed by atoms with van der Waals surface area (Å²) >= 11 is 6.76. The summed E-state index contributed by atoms with van der Waals surface area (Å²) in [5.74, 6) is -0.0860. The summed E-state index contributed by atoms with van der Waals surface area (Å²) in [5.41, 5.74) is 1.04. The van der Waals surface area contributed by atoms with Crippen LogP contribution in [0.1, 0.15) is 209 Å². The molecule has 11 heteroatoms. The van der Waals surface area contributed by atoms with Crippen LogP contribution in [0.2, 0.25) is 5.02 Å². The lowest BCUT2D eigenvalue weighted by molar-refractivity contribution is 0.0719. The zero-order chi connectivity index (χ0) is 54.3. The van der Waals surface area contributed by atoms with Crippen LogP contribution in [-0.4, -0.2) is 37.1 Å². The van der Waals surface area contributed by atoms with Crippen molar-refractivity contribution in [2.45, 2.75) is 168 Å². The van der Waals surface area contributed by atoms with Gasteiger partial charge in [-0.05, 0) is 133 Å². The third-order valence-electron chi connectivity index (χ3n) is 13.6. The molecule has 6 rings (SSSR count). The van der Waals surface area contributed by atoms with Gasteiger partial charge in [0.2, 0.25) is 0 Å². The number of benzene rings is 6. The average Bonchev–Trinajstić information content (AvgIpc) is 3.45. The summed E-state index contributed by atoms with van der Waals surface area (Å²) < 4.78 is 34.3. The van der Waals surface area contributed by atoms with Gasteiger partial charge < -0.3 is 28.4 Å². The van der Waals surface area contributed by atoms with E-state index in [0.717, 1.165) is 31.4 Å². The van der Waals surface area contributed by atoms with Gasteiger partial charge in [0.1, 0.15) is 34.5 Å². The summed E-state index contributed by atoms with van der Waals surface area (Å²) in [6, 6.07) is 34.1. The van der Waals surface area contributed by atoms with E-state index in [9.17, 15) is 19.2 Å². The number of halogens is 1. The normalized spacial score (nSPS) is 11.1. The van der Waals surface area contributed by atoms with Gasteiger partial charge >= 0.3 is 23.9 Å². The van der Waals surface area contributed by atoms with Crippen LogP contribution < -0.4 is 28.4 Å². The first-order valence-corrected chi connectivity index (χ1v) is 28.9. The first-order chi connectivity index (χ1) is 37.7. The molecular weight excluding hydrogens is 988 g/mol. The summed E-state index contributed by atoms with van der Waals surface area (Å²) in [6.07, 6.45) is 30.9. The lowest BCUT2D eigenvalue weighted by Crippen LogP contribution is -2.11. The molecule has 0 unspecified atom stereocenters. The van der Waals surface area contributed by atoms with Crippen molar-refractivity contribution in [3.63, 3.8) is 0 Å². The zero-order valence-corrected chi connectivity index (χ0v) is 46.2. The molecule has 0 aliphatic heterocycles. The molecule has 0 aliphatic rings. The van der Waals surface area contributed by atoms with Crippen molar-refractivity contribution in [1.29, 1.82) is 0 Å². The fourth-order valence-corrected chi connectivity index (χ4v) is 9.27. The van der Waals surface area contributed by atoms with Crippen molar-refractivity contribution in [2.75, 3.05) is 13.2 Å². The van der Waals surface area contributed by atoms with E-state index in [1.807, 2.05) is 0 Å². The number of fused-ring (bicyclic) bond motifs is 1. The molecule has 0 N–H and O–H groups in total. The first-order valence-electron chi connectivity index (χ1n) is 28.5.